The lowest BCUT2D eigenvalue weighted by Gasteiger charge is -2.11. The Bertz CT molecular complexity index is 1080. The number of sulfonamides is 1. The highest BCUT2D eigenvalue weighted by Gasteiger charge is 2.21. The van der Waals surface area contributed by atoms with Crippen LogP contribution in [-0.2, 0) is 21.2 Å². The molecule has 1 unspecified atom stereocenters. The summed E-state index contributed by atoms with van der Waals surface area (Å²) in [4.78, 5) is 16.2. The highest BCUT2D eigenvalue weighted by Crippen LogP contribution is 2.26. The van der Waals surface area contributed by atoms with Crippen LogP contribution in [0.4, 0.5) is 0 Å². The minimum absolute atomic E-state index is 0.326. The van der Waals surface area contributed by atoms with Crippen LogP contribution in [0.2, 0.25) is 5.02 Å². The SMILES string of the molecule is CC(Cc1cn(-c2ccc(Cl)cc2)nc1-c1ccncc1)C(=O)NS(C)(=O)=O. The van der Waals surface area contributed by atoms with Crippen LogP contribution in [0.25, 0.3) is 16.9 Å². The number of carbonyl (C=O) groups excluding carboxylic acids is 1. The summed E-state index contributed by atoms with van der Waals surface area (Å²) >= 11 is 5.96. The summed E-state index contributed by atoms with van der Waals surface area (Å²) in [5, 5.41) is 5.28. The van der Waals surface area contributed by atoms with E-state index in [1.54, 1.807) is 36.1 Å². The molecule has 9 heteroatoms. The van der Waals surface area contributed by atoms with Gasteiger partial charge >= 0.3 is 0 Å². The maximum absolute atomic E-state index is 12.2. The van der Waals surface area contributed by atoms with E-state index in [-0.39, 0.29) is 0 Å². The van der Waals surface area contributed by atoms with Gasteiger partial charge in [-0.3, -0.25) is 14.5 Å². The molecular formula is C19H19ClN4O3S. The first-order valence-corrected chi connectivity index (χ1v) is 10.8. The van der Waals surface area contributed by atoms with Crippen molar-refractivity contribution in [3.63, 3.8) is 0 Å². The van der Waals surface area contributed by atoms with E-state index in [0.717, 1.165) is 23.1 Å². The predicted octanol–water partition coefficient (Wildman–Crippen LogP) is 2.84. The molecule has 2 aromatic heterocycles. The van der Waals surface area contributed by atoms with Crippen molar-refractivity contribution < 1.29 is 13.2 Å². The molecule has 1 atom stereocenters. The Morgan fingerprint density at radius 1 is 1.18 bits per heavy atom. The van der Waals surface area contributed by atoms with Gasteiger partial charge in [-0.05, 0) is 48.4 Å². The second-order valence-electron chi connectivity index (χ2n) is 6.50. The van der Waals surface area contributed by atoms with Gasteiger partial charge in [-0.25, -0.2) is 13.1 Å². The molecule has 1 N–H and O–H groups in total. The van der Waals surface area contributed by atoms with E-state index in [1.807, 2.05) is 35.2 Å². The van der Waals surface area contributed by atoms with Gasteiger partial charge < -0.3 is 0 Å². The maximum atomic E-state index is 12.2. The van der Waals surface area contributed by atoms with Gasteiger partial charge in [-0.1, -0.05) is 18.5 Å². The summed E-state index contributed by atoms with van der Waals surface area (Å²) in [5.74, 6) is -1.11. The Balaban J connectivity index is 1.96. The molecule has 1 amide bonds. The molecule has 0 fully saturated rings. The monoisotopic (exact) mass is 418 g/mol. The van der Waals surface area contributed by atoms with Crippen LogP contribution in [0.3, 0.4) is 0 Å². The van der Waals surface area contributed by atoms with Crippen molar-refractivity contribution in [1.29, 1.82) is 0 Å². The highest BCUT2D eigenvalue weighted by atomic mass is 35.5. The lowest BCUT2D eigenvalue weighted by atomic mass is 9.99. The summed E-state index contributed by atoms with van der Waals surface area (Å²) in [6.07, 6.45) is 6.45. The molecule has 28 heavy (non-hydrogen) atoms. The van der Waals surface area contributed by atoms with Crippen molar-refractivity contribution >= 4 is 27.5 Å². The summed E-state index contributed by atoms with van der Waals surface area (Å²) in [6, 6.07) is 10.9. The fourth-order valence-electron chi connectivity index (χ4n) is 2.74. The average molecular weight is 419 g/mol. The molecule has 0 radical (unpaired) electrons. The zero-order chi connectivity index (χ0) is 20.3. The number of halogens is 1. The minimum Gasteiger partial charge on any atom is -0.274 e. The van der Waals surface area contributed by atoms with Gasteiger partial charge in [-0.15, -0.1) is 0 Å². The summed E-state index contributed by atoms with van der Waals surface area (Å²) in [5.41, 5.74) is 3.20. The number of benzene rings is 1. The van der Waals surface area contributed by atoms with Gasteiger partial charge in [0.05, 0.1) is 17.6 Å². The molecular weight excluding hydrogens is 400 g/mol. The van der Waals surface area contributed by atoms with Crippen LogP contribution in [-0.4, -0.2) is 35.3 Å². The van der Waals surface area contributed by atoms with Crippen molar-refractivity contribution in [1.82, 2.24) is 19.5 Å². The largest absolute Gasteiger partial charge is 0.274 e. The zero-order valence-corrected chi connectivity index (χ0v) is 16.9. The number of pyridine rings is 1. The molecule has 0 aliphatic rings. The van der Waals surface area contributed by atoms with E-state index in [0.29, 0.717) is 17.1 Å². The lowest BCUT2D eigenvalue weighted by Crippen LogP contribution is -2.34. The topological polar surface area (TPSA) is 93.9 Å². The van der Waals surface area contributed by atoms with E-state index in [1.165, 1.54) is 0 Å². The van der Waals surface area contributed by atoms with Gasteiger partial charge in [0.15, 0.2) is 0 Å². The number of hydrogen-bond donors (Lipinski definition) is 1. The zero-order valence-electron chi connectivity index (χ0n) is 15.3. The van der Waals surface area contributed by atoms with E-state index < -0.39 is 21.8 Å². The molecule has 1 aromatic carbocycles. The van der Waals surface area contributed by atoms with Crippen LogP contribution in [0.15, 0.2) is 55.0 Å². The normalized spacial score (nSPS) is 12.5. The smallest absolute Gasteiger partial charge is 0.236 e. The maximum Gasteiger partial charge on any atom is 0.236 e. The summed E-state index contributed by atoms with van der Waals surface area (Å²) in [6.45, 7) is 1.68. The predicted molar refractivity (Wildman–Crippen MR) is 108 cm³/mol. The Kier molecular flexibility index (Phi) is 5.81. The molecule has 3 rings (SSSR count). The van der Waals surface area contributed by atoms with Crippen LogP contribution in [0, 0.1) is 5.92 Å². The fourth-order valence-corrected chi connectivity index (χ4v) is 3.44. The molecule has 0 saturated heterocycles. The van der Waals surface area contributed by atoms with Crippen LogP contribution in [0.5, 0.6) is 0 Å². The van der Waals surface area contributed by atoms with E-state index in [9.17, 15) is 13.2 Å². The van der Waals surface area contributed by atoms with Gasteiger partial charge in [0, 0.05) is 35.1 Å². The Labute approximate surface area is 168 Å². The van der Waals surface area contributed by atoms with Gasteiger partial charge in [0.1, 0.15) is 0 Å². The van der Waals surface area contributed by atoms with Gasteiger partial charge in [-0.2, -0.15) is 5.10 Å². The van der Waals surface area contributed by atoms with Crippen molar-refractivity contribution in [2.45, 2.75) is 13.3 Å². The van der Waals surface area contributed by atoms with Gasteiger partial charge in [0.2, 0.25) is 15.9 Å². The van der Waals surface area contributed by atoms with Crippen LogP contribution >= 0.6 is 11.6 Å². The standard InChI is InChI=1S/C19H19ClN4O3S/c1-13(19(25)23-28(2,26)27)11-15-12-24(17-5-3-16(20)4-6-17)22-18(15)14-7-9-21-10-8-14/h3-10,12-13H,11H2,1-2H3,(H,23,25). The summed E-state index contributed by atoms with van der Waals surface area (Å²) in [7, 11) is -3.61. The second-order valence-corrected chi connectivity index (χ2v) is 8.69. The Morgan fingerprint density at radius 3 is 2.43 bits per heavy atom. The third-order valence-electron chi connectivity index (χ3n) is 4.09. The van der Waals surface area contributed by atoms with Crippen molar-refractivity contribution in [3.05, 3.63) is 65.6 Å². The average Bonchev–Trinajstić information content (AvgIpc) is 3.05. The quantitative estimate of drug-likeness (QED) is 0.664. The number of rotatable bonds is 6. The second kappa shape index (κ2) is 8.12. The summed E-state index contributed by atoms with van der Waals surface area (Å²) < 4.78 is 26.4. The molecule has 0 saturated carbocycles. The Hall–Kier alpha value is -2.71. The third-order valence-corrected chi connectivity index (χ3v) is 4.92. The molecule has 146 valence electrons. The number of aromatic nitrogens is 3. The number of hydrogen-bond acceptors (Lipinski definition) is 5. The first kappa shape index (κ1) is 20.0. The molecule has 0 aliphatic carbocycles. The van der Waals surface area contributed by atoms with E-state index in [4.69, 9.17) is 11.6 Å². The van der Waals surface area contributed by atoms with Crippen molar-refractivity contribution in [2.24, 2.45) is 5.92 Å². The molecule has 2 heterocycles. The number of nitrogens with one attached hydrogen (secondary N) is 1. The van der Waals surface area contributed by atoms with Crippen molar-refractivity contribution in [2.75, 3.05) is 6.26 Å². The van der Waals surface area contributed by atoms with E-state index >= 15 is 0 Å². The molecule has 0 spiro atoms. The highest BCUT2D eigenvalue weighted by molar-refractivity contribution is 7.89. The van der Waals surface area contributed by atoms with Gasteiger partial charge in [0.25, 0.3) is 0 Å². The molecule has 3 aromatic rings. The lowest BCUT2D eigenvalue weighted by molar-refractivity contribution is -0.122. The Morgan fingerprint density at radius 2 is 1.82 bits per heavy atom. The number of amides is 1. The third kappa shape index (κ3) is 4.96. The molecule has 7 nitrogen and oxygen atoms in total. The minimum atomic E-state index is -3.61. The van der Waals surface area contributed by atoms with Crippen LogP contribution < -0.4 is 4.72 Å². The van der Waals surface area contributed by atoms with Crippen molar-refractivity contribution in [3.8, 4) is 16.9 Å². The first-order chi connectivity index (χ1) is 13.2. The molecule has 0 aliphatic heterocycles. The number of nitrogens with zero attached hydrogens (tertiary/aromatic N) is 3. The molecule has 0 bridgehead atoms. The first-order valence-electron chi connectivity index (χ1n) is 8.49. The number of carbonyl (C=O) groups is 1. The van der Waals surface area contributed by atoms with Crippen LogP contribution in [0.1, 0.15) is 12.5 Å². The van der Waals surface area contributed by atoms with E-state index in [2.05, 4.69) is 10.1 Å². The fraction of sp³-hybridized carbons (Fsp3) is 0.211.